The number of nitrogens with zero attached hydrogens (tertiary/aromatic N) is 4. The van der Waals surface area contributed by atoms with Gasteiger partial charge in [-0.1, -0.05) is 159 Å². The van der Waals surface area contributed by atoms with E-state index in [2.05, 4.69) is 286 Å². The van der Waals surface area contributed by atoms with Gasteiger partial charge in [0.2, 0.25) is 0 Å². The summed E-state index contributed by atoms with van der Waals surface area (Å²) in [7, 11) is 0. The average molecular weight is 875 g/mol. The fraction of sp³-hybridized carbons (Fsp3) is 0.0312. The van der Waals surface area contributed by atoms with Gasteiger partial charge in [0.05, 0.1) is 22.1 Å². The summed E-state index contributed by atoms with van der Waals surface area (Å²) in [6.07, 6.45) is 4.38. The molecule has 0 fully saturated rings. The second kappa shape index (κ2) is 18.6. The number of hydrogen-bond donors (Lipinski definition) is 0. The van der Waals surface area contributed by atoms with Gasteiger partial charge in [-0.05, 0) is 132 Å². The summed E-state index contributed by atoms with van der Waals surface area (Å²) in [5.41, 5.74) is 15.9. The van der Waals surface area contributed by atoms with Crippen molar-refractivity contribution in [2.45, 2.75) is 13.8 Å². The van der Waals surface area contributed by atoms with E-state index in [1.165, 1.54) is 43.6 Å². The SMILES string of the molecule is C(=C\c1ccc(N(c2ccccc2)c2ccc(-n3c4ccccc4c4ccccc43)cc2)cc1)/c1ccc(N(c2ccccc2)c2ccc(-n3c4ccccc4c4ccccc43)cc2)cc1.CC. The van der Waals surface area contributed by atoms with E-state index >= 15 is 0 Å². The third-order valence-electron chi connectivity index (χ3n) is 12.7. The normalized spacial score (nSPS) is 11.3. The third kappa shape index (κ3) is 7.78. The van der Waals surface area contributed by atoms with Gasteiger partial charge in [-0.25, -0.2) is 0 Å². The molecule has 326 valence electrons. The van der Waals surface area contributed by atoms with Crippen molar-refractivity contribution < 1.29 is 0 Å². The lowest BCUT2D eigenvalue weighted by Gasteiger charge is -2.26. The highest BCUT2D eigenvalue weighted by Gasteiger charge is 2.17. The molecule has 2 heterocycles. The summed E-state index contributed by atoms with van der Waals surface area (Å²) in [5, 5.41) is 5.05. The van der Waals surface area contributed by atoms with E-state index in [-0.39, 0.29) is 0 Å². The Hall–Kier alpha value is -8.86. The molecule has 12 rings (SSSR count). The molecule has 68 heavy (non-hydrogen) atoms. The van der Waals surface area contributed by atoms with E-state index in [0.29, 0.717) is 0 Å². The Bertz CT molecular complexity index is 3310. The van der Waals surface area contributed by atoms with Crippen molar-refractivity contribution in [2.75, 3.05) is 9.80 Å². The van der Waals surface area contributed by atoms with Gasteiger partial charge >= 0.3 is 0 Å². The van der Waals surface area contributed by atoms with Crippen LogP contribution in [0.25, 0.3) is 67.1 Å². The summed E-state index contributed by atoms with van der Waals surface area (Å²) < 4.78 is 4.73. The Morgan fingerprint density at radius 1 is 0.250 bits per heavy atom. The standard InChI is InChI=1S/C62H44N4.C2H6/c1-3-15-47(16-4-1)63(51-37-41-53(42-38-51)65-59-23-11-7-19-55(59)56-20-8-12-24-60(56)65)49-33-29-45(30-34-49)27-28-46-31-35-50(36-32-46)64(48-17-5-2-6-18-48)52-39-43-54(44-40-52)66-61-25-13-9-21-57(61)58-22-10-14-26-62(58)66;1-2/h1-44H;1-2H3/b28-27+;. The zero-order valence-electron chi connectivity index (χ0n) is 38.2. The van der Waals surface area contributed by atoms with Crippen molar-refractivity contribution in [1.29, 1.82) is 0 Å². The minimum atomic E-state index is 1.09. The molecule has 0 spiro atoms. The molecule has 0 amide bonds. The van der Waals surface area contributed by atoms with Gasteiger partial charge in [0.15, 0.2) is 0 Å². The maximum absolute atomic E-state index is 2.36. The summed E-state index contributed by atoms with van der Waals surface area (Å²) in [6, 6.07) is 91.3. The molecule has 0 aliphatic rings. The number of fused-ring (bicyclic) bond motifs is 6. The Kier molecular flexibility index (Phi) is 11.4. The molecule has 0 bridgehead atoms. The van der Waals surface area contributed by atoms with Crippen molar-refractivity contribution >= 4 is 89.9 Å². The first kappa shape index (κ1) is 41.8. The first-order valence-electron chi connectivity index (χ1n) is 23.5. The van der Waals surface area contributed by atoms with Gasteiger partial charge in [-0.3, -0.25) is 0 Å². The second-order valence-electron chi connectivity index (χ2n) is 16.6. The second-order valence-corrected chi connectivity index (χ2v) is 16.6. The van der Waals surface area contributed by atoms with Gasteiger partial charge in [-0.15, -0.1) is 0 Å². The monoisotopic (exact) mass is 874 g/mol. The molecule has 0 aliphatic heterocycles. The van der Waals surface area contributed by atoms with Crippen LogP contribution in [0.2, 0.25) is 0 Å². The molecule has 2 aromatic heterocycles. The molecule has 0 radical (unpaired) electrons. The largest absolute Gasteiger partial charge is 0.311 e. The Morgan fingerprint density at radius 2 is 0.485 bits per heavy atom. The van der Waals surface area contributed by atoms with Gasteiger partial charge in [0, 0.05) is 67.0 Å². The smallest absolute Gasteiger partial charge is 0.0541 e. The van der Waals surface area contributed by atoms with Crippen LogP contribution in [0.5, 0.6) is 0 Å². The molecule has 4 nitrogen and oxygen atoms in total. The third-order valence-corrected chi connectivity index (χ3v) is 12.7. The highest BCUT2D eigenvalue weighted by atomic mass is 15.1. The van der Waals surface area contributed by atoms with Gasteiger partial charge in [-0.2, -0.15) is 0 Å². The number of hydrogen-bond acceptors (Lipinski definition) is 2. The molecular weight excluding hydrogens is 825 g/mol. The van der Waals surface area contributed by atoms with Gasteiger partial charge < -0.3 is 18.9 Å². The molecule has 0 saturated carbocycles. The summed E-state index contributed by atoms with van der Waals surface area (Å²) >= 11 is 0. The van der Waals surface area contributed by atoms with Crippen molar-refractivity contribution in [1.82, 2.24) is 9.13 Å². The number of aromatic nitrogens is 2. The summed E-state index contributed by atoms with van der Waals surface area (Å²) in [5.74, 6) is 0. The molecular formula is C64H50N4. The van der Waals surface area contributed by atoms with Crippen LogP contribution in [0.1, 0.15) is 25.0 Å². The van der Waals surface area contributed by atoms with Gasteiger partial charge in [0.25, 0.3) is 0 Å². The van der Waals surface area contributed by atoms with E-state index < -0.39 is 0 Å². The molecule has 10 aromatic carbocycles. The van der Waals surface area contributed by atoms with Crippen LogP contribution in [0, 0.1) is 0 Å². The van der Waals surface area contributed by atoms with E-state index in [4.69, 9.17) is 0 Å². The zero-order valence-corrected chi connectivity index (χ0v) is 38.2. The molecule has 0 saturated heterocycles. The number of para-hydroxylation sites is 6. The number of anilines is 6. The van der Waals surface area contributed by atoms with Crippen molar-refractivity contribution in [2.24, 2.45) is 0 Å². The maximum Gasteiger partial charge on any atom is 0.0541 e. The molecule has 0 N–H and O–H groups in total. The molecule has 4 heteroatoms. The van der Waals surface area contributed by atoms with E-state index in [1.54, 1.807) is 0 Å². The highest BCUT2D eigenvalue weighted by molar-refractivity contribution is 6.10. The fourth-order valence-electron chi connectivity index (χ4n) is 9.61. The van der Waals surface area contributed by atoms with Crippen LogP contribution in [0.15, 0.2) is 255 Å². The number of rotatable bonds is 10. The Balaban J connectivity index is 0.00000250. The Labute approximate surface area is 398 Å². The summed E-state index contributed by atoms with van der Waals surface area (Å²) in [6.45, 7) is 4.00. The first-order chi connectivity index (χ1) is 33.7. The molecule has 0 atom stereocenters. The van der Waals surface area contributed by atoms with E-state index in [1.807, 2.05) is 13.8 Å². The first-order valence-corrected chi connectivity index (χ1v) is 23.5. The lowest BCUT2D eigenvalue weighted by Crippen LogP contribution is -2.10. The molecule has 0 unspecified atom stereocenters. The lowest BCUT2D eigenvalue weighted by molar-refractivity contribution is 1.17. The van der Waals surface area contributed by atoms with Crippen molar-refractivity contribution in [3.63, 3.8) is 0 Å². The Morgan fingerprint density at radius 3 is 0.779 bits per heavy atom. The summed E-state index contributed by atoms with van der Waals surface area (Å²) in [4.78, 5) is 4.64. The molecule has 12 aromatic rings. The van der Waals surface area contributed by atoms with Crippen LogP contribution < -0.4 is 9.80 Å². The minimum Gasteiger partial charge on any atom is -0.311 e. The highest BCUT2D eigenvalue weighted by Crippen LogP contribution is 2.39. The maximum atomic E-state index is 2.36. The van der Waals surface area contributed by atoms with E-state index in [0.717, 1.165) is 56.6 Å². The predicted molar refractivity (Wildman–Crippen MR) is 291 cm³/mol. The topological polar surface area (TPSA) is 16.3 Å². The lowest BCUT2D eigenvalue weighted by atomic mass is 10.1. The quantitative estimate of drug-likeness (QED) is 0.127. The number of benzene rings is 10. The van der Waals surface area contributed by atoms with Crippen molar-refractivity contribution in [3.8, 4) is 11.4 Å². The zero-order chi connectivity index (χ0) is 45.8. The fourth-order valence-corrected chi connectivity index (χ4v) is 9.61. The van der Waals surface area contributed by atoms with Crippen LogP contribution in [-0.2, 0) is 0 Å². The minimum absolute atomic E-state index is 1.09. The average Bonchev–Trinajstić information content (AvgIpc) is 3.94. The van der Waals surface area contributed by atoms with Gasteiger partial charge in [0.1, 0.15) is 0 Å². The van der Waals surface area contributed by atoms with Crippen LogP contribution in [0.4, 0.5) is 34.1 Å². The molecule has 0 aliphatic carbocycles. The van der Waals surface area contributed by atoms with Crippen LogP contribution in [0.3, 0.4) is 0 Å². The predicted octanol–water partition coefficient (Wildman–Crippen LogP) is 18.0. The van der Waals surface area contributed by atoms with Crippen LogP contribution in [-0.4, -0.2) is 9.13 Å². The van der Waals surface area contributed by atoms with Crippen molar-refractivity contribution in [3.05, 3.63) is 266 Å². The van der Waals surface area contributed by atoms with Crippen LogP contribution >= 0.6 is 0 Å². The van der Waals surface area contributed by atoms with E-state index in [9.17, 15) is 0 Å².